The lowest BCUT2D eigenvalue weighted by Crippen LogP contribution is -2.01. The lowest BCUT2D eigenvalue weighted by atomic mass is 10.2. The van der Waals surface area contributed by atoms with E-state index in [1.807, 2.05) is 5.38 Å². The predicted octanol–water partition coefficient (Wildman–Crippen LogP) is 3.41. The number of ether oxygens (including phenoxy) is 1. The molecule has 0 spiro atoms. The van der Waals surface area contributed by atoms with Crippen molar-refractivity contribution in [1.29, 1.82) is 0 Å². The van der Waals surface area contributed by atoms with E-state index in [1.165, 1.54) is 23.5 Å². The van der Waals surface area contributed by atoms with Crippen LogP contribution in [0.1, 0.15) is 0 Å². The molecule has 5 heteroatoms. The van der Waals surface area contributed by atoms with Crippen LogP contribution in [0.4, 0.5) is 8.78 Å². The second-order valence-electron chi connectivity index (χ2n) is 2.78. The number of hydrogen-bond acceptors (Lipinski definition) is 3. The van der Waals surface area contributed by atoms with E-state index in [2.05, 4.69) is 9.72 Å². The minimum absolute atomic E-state index is 0.156. The number of rotatable bonds is 3. The van der Waals surface area contributed by atoms with Gasteiger partial charge in [0.25, 0.3) is 0 Å². The van der Waals surface area contributed by atoms with Crippen molar-refractivity contribution in [3.8, 4) is 17.0 Å². The summed E-state index contributed by atoms with van der Waals surface area (Å²) in [6.07, 6.45) is 0. The highest BCUT2D eigenvalue weighted by atomic mass is 32.1. The summed E-state index contributed by atoms with van der Waals surface area (Å²) >= 11 is 1.49. The van der Waals surface area contributed by atoms with E-state index >= 15 is 0 Å². The standard InChI is InChI=1S/C10H7F2NOS/c11-10(12)14-8-3-1-7(2-4-8)9-5-15-6-13-9/h1-6,10H. The van der Waals surface area contributed by atoms with Gasteiger partial charge in [0.05, 0.1) is 11.2 Å². The van der Waals surface area contributed by atoms with Gasteiger partial charge >= 0.3 is 6.61 Å². The fourth-order valence-corrected chi connectivity index (χ4v) is 1.72. The van der Waals surface area contributed by atoms with Crippen LogP contribution in [0.2, 0.25) is 0 Å². The Balaban J connectivity index is 2.17. The number of halogens is 2. The number of hydrogen-bond donors (Lipinski definition) is 0. The minimum Gasteiger partial charge on any atom is -0.435 e. The van der Waals surface area contributed by atoms with E-state index in [0.717, 1.165) is 11.3 Å². The molecule has 0 saturated carbocycles. The number of benzene rings is 1. The molecule has 0 fully saturated rings. The molecule has 78 valence electrons. The molecule has 1 aromatic carbocycles. The molecule has 1 aromatic heterocycles. The van der Waals surface area contributed by atoms with Gasteiger partial charge in [-0.15, -0.1) is 11.3 Å². The summed E-state index contributed by atoms with van der Waals surface area (Å²) in [5, 5.41) is 1.89. The highest BCUT2D eigenvalue weighted by molar-refractivity contribution is 7.07. The lowest BCUT2D eigenvalue weighted by molar-refractivity contribution is -0.0498. The van der Waals surface area contributed by atoms with E-state index in [4.69, 9.17) is 0 Å². The number of alkyl halides is 2. The molecule has 0 aliphatic carbocycles. The third-order valence-electron chi connectivity index (χ3n) is 1.81. The molecular formula is C10H7F2NOS. The molecular weight excluding hydrogens is 220 g/mol. The van der Waals surface area contributed by atoms with E-state index in [1.54, 1.807) is 17.6 Å². The van der Waals surface area contributed by atoms with Crippen molar-refractivity contribution in [3.05, 3.63) is 35.2 Å². The molecule has 0 bridgehead atoms. The number of aromatic nitrogens is 1. The van der Waals surface area contributed by atoms with Crippen LogP contribution in [-0.2, 0) is 0 Å². The van der Waals surface area contributed by atoms with Gasteiger partial charge in [-0.2, -0.15) is 8.78 Å². The van der Waals surface area contributed by atoms with Crippen LogP contribution in [0.25, 0.3) is 11.3 Å². The van der Waals surface area contributed by atoms with Crippen LogP contribution in [0.5, 0.6) is 5.75 Å². The molecule has 0 aliphatic rings. The molecule has 2 nitrogen and oxygen atoms in total. The van der Waals surface area contributed by atoms with Gasteiger partial charge in [0.1, 0.15) is 5.75 Å². The third kappa shape index (κ3) is 2.50. The van der Waals surface area contributed by atoms with Crippen molar-refractivity contribution < 1.29 is 13.5 Å². The summed E-state index contributed by atoms with van der Waals surface area (Å²) < 4.78 is 28.0. The second kappa shape index (κ2) is 4.35. The topological polar surface area (TPSA) is 22.1 Å². The zero-order chi connectivity index (χ0) is 10.7. The molecule has 0 radical (unpaired) electrons. The molecule has 2 rings (SSSR count). The minimum atomic E-state index is -2.78. The van der Waals surface area contributed by atoms with E-state index in [-0.39, 0.29) is 5.75 Å². The molecule has 0 unspecified atom stereocenters. The number of nitrogens with zero attached hydrogens (tertiary/aromatic N) is 1. The van der Waals surface area contributed by atoms with Gasteiger partial charge < -0.3 is 4.74 Å². The van der Waals surface area contributed by atoms with Gasteiger partial charge in [-0.05, 0) is 24.3 Å². The molecule has 0 saturated heterocycles. The molecule has 0 N–H and O–H groups in total. The summed E-state index contributed by atoms with van der Waals surface area (Å²) in [4.78, 5) is 4.11. The SMILES string of the molecule is FC(F)Oc1ccc(-c2cscn2)cc1. The molecule has 15 heavy (non-hydrogen) atoms. The monoisotopic (exact) mass is 227 g/mol. The van der Waals surface area contributed by atoms with Crippen molar-refractivity contribution in [2.45, 2.75) is 6.61 Å². The Morgan fingerprint density at radius 1 is 1.20 bits per heavy atom. The molecule has 0 aliphatic heterocycles. The first-order valence-electron chi connectivity index (χ1n) is 4.19. The van der Waals surface area contributed by atoms with Crippen molar-refractivity contribution in [3.63, 3.8) is 0 Å². The molecule has 2 aromatic rings. The highest BCUT2D eigenvalue weighted by Gasteiger charge is 2.04. The smallest absolute Gasteiger partial charge is 0.387 e. The normalized spacial score (nSPS) is 10.6. The van der Waals surface area contributed by atoms with Gasteiger partial charge in [0, 0.05) is 10.9 Å². The van der Waals surface area contributed by atoms with Crippen LogP contribution >= 0.6 is 11.3 Å². The van der Waals surface area contributed by atoms with E-state index in [9.17, 15) is 8.78 Å². The Kier molecular flexibility index (Phi) is 2.91. The van der Waals surface area contributed by atoms with Crippen LogP contribution in [0, 0.1) is 0 Å². The Morgan fingerprint density at radius 2 is 1.93 bits per heavy atom. The average molecular weight is 227 g/mol. The third-order valence-corrected chi connectivity index (χ3v) is 2.39. The summed E-state index contributed by atoms with van der Waals surface area (Å²) in [6, 6.07) is 6.40. The quantitative estimate of drug-likeness (QED) is 0.801. The predicted molar refractivity (Wildman–Crippen MR) is 54.2 cm³/mol. The summed E-state index contributed by atoms with van der Waals surface area (Å²) in [5.74, 6) is 0.156. The van der Waals surface area contributed by atoms with Crippen molar-refractivity contribution in [2.24, 2.45) is 0 Å². The molecule has 0 atom stereocenters. The molecule has 0 amide bonds. The lowest BCUT2D eigenvalue weighted by Gasteiger charge is -2.04. The first-order chi connectivity index (χ1) is 7.25. The van der Waals surface area contributed by atoms with E-state index in [0.29, 0.717) is 0 Å². The van der Waals surface area contributed by atoms with Crippen molar-refractivity contribution in [1.82, 2.24) is 4.98 Å². The maximum Gasteiger partial charge on any atom is 0.387 e. The van der Waals surface area contributed by atoms with Crippen molar-refractivity contribution in [2.75, 3.05) is 0 Å². The first-order valence-corrected chi connectivity index (χ1v) is 5.13. The highest BCUT2D eigenvalue weighted by Crippen LogP contribution is 2.22. The summed E-state index contributed by atoms with van der Waals surface area (Å²) in [5.41, 5.74) is 3.44. The maximum atomic E-state index is 11.9. The number of thiazole rings is 1. The fraction of sp³-hybridized carbons (Fsp3) is 0.100. The average Bonchev–Trinajstić information content (AvgIpc) is 2.71. The maximum absolute atomic E-state index is 11.9. The largest absolute Gasteiger partial charge is 0.435 e. The van der Waals surface area contributed by atoms with Gasteiger partial charge in [0.15, 0.2) is 0 Å². The van der Waals surface area contributed by atoms with Crippen molar-refractivity contribution >= 4 is 11.3 Å². The summed E-state index contributed by atoms with van der Waals surface area (Å²) in [6.45, 7) is -2.78. The van der Waals surface area contributed by atoms with Gasteiger partial charge in [-0.25, -0.2) is 4.98 Å². The van der Waals surface area contributed by atoms with Gasteiger partial charge in [-0.3, -0.25) is 0 Å². The Morgan fingerprint density at radius 3 is 2.47 bits per heavy atom. The zero-order valence-corrected chi connectivity index (χ0v) is 8.38. The van der Waals surface area contributed by atoms with Crippen LogP contribution < -0.4 is 4.74 Å². The second-order valence-corrected chi connectivity index (χ2v) is 3.50. The van der Waals surface area contributed by atoms with Crippen LogP contribution in [0.15, 0.2) is 35.2 Å². The summed E-state index contributed by atoms with van der Waals surface area (Å²) in [7, 11) is 0. The Bertz CT molecular complexity index is 413. The Hall–Kier alpha value is -1.49. The van der Waals surface area contributed by atoms with Gasteiger partial charge in [0.2, 0.25) is 0 Å². The van der Waals surface area contributed by atoms with Crippen LogP contribution in [0.3, 0.4) is 0 Å². The fourth-order valence-electron chi connectivity index (χ4n) is 1.16. The first kappa shape index (κ1) is 10.0. The van der Waals surface area contributed by atoms with Crippen LogP contribution in [-0.4, -0.2) is 11.6 Å². The van der Waals surface area contributed by atoms with E-state index < -0.39 is 6.61 Å². The molecule has 1 heterocycles. The van der Waals surface area contributed by atoms with Gasteiger partial charge in [-0.1, -0.05) is 0 Å². The zero-order valence-electron chi connectivity index (χ0n) is 7.56. The Labute approximate surface area is 89.2 Å².